The maximum Gasteiger partial charge on any atom is 0.0253 e. The van der Waals surface area contributed by atoms with Gasteiger partial charge in [0, 0.05) is 8.95 Å². The third-order valence-corrected chi connectivity index (χ3v) is 5.86. The molecule has 0 nitrogen and oxygen atoms in total. The summed E-state index contributed by atoms with van der Waals surface area (Å²) in [5.74, 6) is 0. The number of rotatable bonds is 3. The molecule has 0 spiro atoms. The molecule has 0 aliphatic heterocycles. The Morgan fingerprint density at radius 3 is 1.00 bits per heavy atom. The molecule has 0 radical (unpaired) electrons. The summed E-state index contributed by atoms with van der Waals surface area (Å²) in [6, 6.07) is 34.0. The van der Waals surface area contributed by atoms with Gasteiger partial charge in [-0.2, -0.15) is 0 Å². The molecule has 27 heavy (non-hydrogen) atoms. The molecule has 0 amide bonds. The Kier molecular flexibility index (Phi) is 6.30. The Hall–Kier alpha value is -2.16. The first kappa shape index (κ1) is 19.6. The first-order chi connectivity index (χ1) is 12.7. The van der Waals surface area contributed by atoms with E-state index in [1.165, 1.54) is 33.4 Å². The van der Waals surface area contributed by atoms with Crippen LogP contribution in [-0.2, 0) is 0 Å². The zero-order valence-electron chi connectivity index (χ0n) is 14.0. The van der Waals surface area contributed by atoms with Crippen molar-refractivity contribution in [2.24, 2.45) is 0 Å². The molecule has 0 saturated heterocycles. The molecule has 4 aromatic rings. The summed E-state index contributed by atoms with van der Waals surface area (Å²) in [5, 5.41) is 0. The van der Waals surface area contributed by atoms with Crippen molar-refractivity contribution < 1.29 is 0 Å². The molecule has 0 unspecified atom stereocenters. The molecule has 134 valence electrons. The molecule has 0 fully saturated rings. The van der Waals surface area contributed by atoms with E-state index in [0.717, 1.165) is 8.95 Å². The van der Waals surface area contributed by atoms with Crippen LogP contribution in [0.5, 0.6) is 0 Å². The van der Waals surface area contributed by atoms with Crippen LogP contribution < -0.4 is 0 Å². The predicted molar refractivity (Wildman–Crippen MR) is 125 cm³/mol. The zero-order valence-corrected chi connectivity index (χ0v) is 17.2. The van der Waals surface area contributed by atoms with E-state index in [1.807, 2.05) is 12.1 Å². The fraction of sp³-hybridized carbons (Fsp3) is 0.0400. The van der Waals surface area contributed by atoms with Crippen LogP contribution in [0, 0.1) is 0 Å². The Bertz CT molecular complexity index is 945. The summed E-state index contributed by atoms with van der Waals surface area (Å²) < 4.78 is 2.23. The van der Waals surface area contributed by atoms with Gasteiger partial charge in [-0.25, -0.2) is 0 Å². The van der Waals surface area contributed by atoms with E-state index >= 15 is 0 Å². The largest absolute Gasteiger partial charge is 0.0776 e. The van der Waals surface area contributed by atoms with Gasteiger partial charge in [0.25, 0.3) is 0 Å². The van der Waals surface area contributed by atoms with Gasteiger partial charge in [-0.3, -0.25) is 0 Å². The van der Waals surface area contributed by atoms with Crippen molar-refractivity contribution in [2.45, 2.75) is 7.43 Å². The first-order valence-electron chi connectivity index (χ1n) is 8.43. The lowest BCUT2D eigenvalue weighted by Gasteiger charge is -2.08. The molecule has 2 heteroatoms. The molecule has 0 aliphatic carbocycles. The SMILES string of the molecule is Brc1ccccc1-c1ccc(-c2ccc(-c3ccccc3Br)cc2)cc1.C. The second kappa shape index (κ2) is 8.69. The van der Waals surface area contributed by atoms with Crippen LogP contribution in [0.25, 0.3) is 33.4 Å². The second-order valence-corrected chi connectivity index (χ2v) is 7.82. The number of hydrogen-bond acceptors (Lipinski definition) is 0. The summed E-state index contributed by atoms with van der Waals surface area (Å²) in [4.78, 5) is 0. The lowest BCUT2D eigenvalue weighted by atomic mass is 9.98. The van der Waals surface area contributed by atoms with Crippen LogP contribution in [-0.4, -0.2) is 0 Å². The molecule has 0 bridgehead atoms. The van der Waals surface area contributed by atoms with E-state index in [2.05, 4.69) is 117 Å². The Morgan fingerprint density at radius 2 is 0.667 bits per heavy atom. The van der Waals surface area contributed by atoms with Gasteiger partial charge in [-0.1, -0.05) is 124 Å². The molecular weight excluding hydrogens is 460 g/mol. The van der Waals surface area contributed by atoms with Gasteiger partial charge >= 0.3 is 0 Å². The minimum Gasteiger partial charge on any atom is -0.0776 e. The summed E-state index contributed by atoms with van der Waals surface area (Å²) in [6.45, 7) is 0. The molecule has 0 saturated carbocycles. The van der Waals surface area contributed by atoms with E-state index in [4.69, 9.17) is 0 Å². The highest BCUT2D eigenvalue weighted by Gasteiger charge is 2.05. The van der Waals surface area contributed by atoms with Crippen molar-refractivity contribution in [3.63, 3.8) is 0 Å². The van der Waals surface area contributed by atoms with Gasteiger partial charge in [0.1, 0.15) is 0 Å². The van der Waals surface area contributed by atoms with E-state index in [9.17, 15) is 0 Å². The summed E-state index contributed by atoms with van der Waals surface area (Å²) in [5.41, 5.74) is 7.29. The normalized spacial score (nSPS) is 10.3. The first-order valence-corrected chi connectivity index (χ1v) is 10.0. The van der Waals surface area contributed by atoms with Crippen LogP contribution in [0.1, 0.15) is 7.43 Å². The molecule has 0 aromatic heterocycles. The van der Waals surface area contributed by atoms with Gasteiger partial charge in [0.15, 0.2) is 0 Å². The summed E-state index contributed by atoms with van der Waals surface area (Å²) in [6.07, 6.45) is 0. The quantitative estimate of drug-likeness (QED) is 0.275. The van der Waals surface area contributed by atoms with Gasteiger partial charge in [-0.15, -0.1) is 0 Å². The maximum absolute atomic E-state index is 3.63. The Morgan fingerprint density at radius 1 is 0.370 bits per heavy atom. The highest BCUT2D eigenvalue weighted by molar-refractivity contribution is 9.11. The number of hydrogen-bond donors (Lipinski definition) is 0. The molecule has 4 aromatic carbocycles. The molecular formula is C25H20Br2. The molecule has 4 rings (SSSR count). The van der Waals surface area contributed by atoms with Crippen LogP contribution in [0.15, 0.2) is 106 Å². The van der Waals surface area contributed by atoms with Gasteiger partial charge in [-0.05, 0) is 45.5 Å². The number of halogens is 2. The van der Waals surface area contributed by atoms with Crippen LogP contribution >= 0.6 is 31.9 Å². The van der Waals surface area contributed by atoms with Crippen molar-refractivity contribution in [1.82, 2.24) is 0 Å². The fourth-order valence-electron chi connectivity index (χ4n) is 3.08. The number of benzene rings is 4. The van der Waals surface area contributed by atoms with Crippen molar-refractivity contribution in [3.8, 4) is 33.4 Å². The minimum absolute atomic E-state index is 0. The average Bonchev–Trinajstić information content (AvgIpc) is 2.69. The maximum atomic E-state index is 3.63. The molecule has 0 heterocycles. The van der Waals surface area contributed by atoms with E-state index in [1.54, 1.807) is 0 Å². The molecule has 0 aliphatic rings. The van der Waals surface area contributed by atoms with Gasteiger partial charge < -0.3 is 0 Å². The topological polar surface area (TPSA) is 0 Å². The third kappa shape index (κ3) is 4.23. The molecule has 0 atom stereocenters. The van der Waals surface area contributed by atoms with Crippen LogP contribution in [0.2, 0.25) is 0 Å². The van der Waals surface area contributed by atoms with Crippen molar-refractivity contribution in [1.29, 1.82) is 0 Å². The predicted octanol–water partition coefficient (Wildman–Crippen LogP) is 8.85. The Labute approximate surface area is 178 Å². The van der Waals surface area contributed by atoms with E-state index in [-0.39, 0.29) is 7.43 Å². The molecule has 0 N–H and O–H groups in total. The Balaban J connectivity index is 0.00000210. The average molecular weight is 480 g/mol. The lowest BCUT2D eigenvalue weighted by Crippen LogP contribution is -1.83. The van der Waals surface area contributed by atoms with Gasteiger partial charge in [0.05, 0.1) is 0 Å². The summed E-state index contributed by atoms with van der Waals surface area (Å²) in [7, 11) is 0. The van der Waals surface area contributed by atoms with Crippen molar-refractivity contribution in [2.75, 3.05) is 0 Å². The zero-order chi connectivity index (χ0) is 17.9. The van der Waals surface area contributed by atoms with E-state index < -0.39 is 0 Å². The minimum atomic E-state index is 0. The second-order valence-electron chi connectivity index (χ2n) is 6.11. The smallest absolute Gasteiger partial charge is 0.0253 e. The highest BCUT2D eigenvalue weighted by Crippen LogP contribution is 2.32. The third-order valence-electron chi connectivity index (χ3n) is 4.47. The van der Waals surface area contributed by atoms with Crippen molar-refractivity contribution in [3.05, 3.63) is 106 Å². The van der Waals surface area contributed by atoms with Crippen molar-refractivity contribution >= 4 is 31.9 Å². The summed E-state index contributed by atoms with van der Waals surface area (Å²) >= 11 is 7.26. The van der Waals surface area contributed by atoms with E-state index in [0.29, 0.717) is 0 Å². The van der Waals surface area contributed by atoms with Gasteiger partial charge in [0.2, 0.25) is 0 Å². The fourth-order valence-corrected chi connectivity index (χ4v) is 4.10. The monoisotopic (exact) mass is 478 g/mol. The lowest BCUT2D eigenvalue weighted by molar-refractivity contribution is 1.55. The standard InChI is InChI=1S/C24H16Br2.CH4/c25-23-7-3-1-5-21(23)19-13-9-17(10-14-19)18-11-15-20(16-12-18)22-6-2-4-8-24(22)26;/h1-16H;1H4. The van der Waals surface area contributed by atoms with Crippen LogP contribution in [0.4, 0.5) is 0 Å². The van der Waals surface area contributed by atoms with Crippen LogP contribution in [0.3, 0.4) is 0 Å². The highest BCUT2D eigenvalue weighted by atomic mass is 79.9.